The van der Waals surface area contributed by atoms with Crippen LogP contribution in [0.2, 0.25) is 0 Å². The fourth-order valence-electron chi connectivity index (χ4n) is 8.27. The maximum absolute atomic E-state index is 6.35. The van der Waals surface area contributed by atoms with E-state index in [1.807, 2.05) is 12.1 Å². The Morgan fingerprint density at radius 2 is 0.981 bits per heavy atom. The second-order valence-electron chi connectivity index (χ2n) is 15.7. The first kappa shape index (κ1) is 30.7. The molecular weight excluding hydrogens is 631 g/mol. The van der Waals surface area contributed by atoms with Crippen molar-refractivity contribution in [2.24, 2.45) is 0 Å². The lowest BCUT2D eigenvalue weighted by atomic mass is 9.77. The molecule has 0 radical (unpaired) electrons. The third-order valence-electron chi connectivity index (χ3n) is 10.9. The van der Waals surface area contributed by atoms with Crippen LogP contribution in [0.3, 0.4) is 0 Å². The molecule has 0 saturated heterocycles. The number of aryl methyl sites for hydroxylation is 2. The monoisotopic (exact) mass is 669 g/mol. The molecule has 0 unspecified atom stereocenters. The van der Waals surface area contributed by atoms with Gasteiger partial charge < -0.3 is 9.32 Å². The van der Waals surface area contributed by atoms with Crippen LogP contribution in [0.4, 0.5) is 17.1 Å². The van der Waals surface area contributed by atoms with Gasteiger partial charge in [-0.05, 0) is 164 Å². The van der Waals surface area contributed by atoms with Gasteiger partial charge in [-0.3, -0.25) is 0 Å². The van der Waals surface area contributed by atoms with Gasteiger partial charge in [0, 0.05) is 33.9 Å². The Morgan fingerprint density at radius 3 is 1.67 bits per heavy atom. The molecular formula is C50H39NO. The van der Waals surface area contributed by atoms with E-state index in [1.54, 1.807) is 0 Å². The van der Waals surface area contributed by atoms with Gasteiger partial charge in [-0.15, -0.1) is 0 Å². The van der Waals surface area contributed by atoms with Gasteiger partial charge >= 0.3 is 0 Å². The van der Waals surface area contributed by atoms with Gasteiger partial charge in [-0.25, -0.2) is 0 Å². The van der Waals surface area contributed by atoms with Crippen LogP contribution in [-0.4, -0.2) is 0 Å². The van der Waals surface area contributed by atoms with Crippen molar-refractivity contribution in [2.45, 2.75) is 40.0 Å². The normalized spacial score (nSPS) is 12.3. The Kier molecular flexibility index (Phi) is 6.60. The molecule has 250 valence electrons. The largest absolute Gasteiger partial charge is 0.456 e. The first-order valence-corrected chi connectivity index (χ1v) is 18.2. The molecule has 0 amide bonds. The minimum atomic E-state index is 0.147. The minimum absolute atomic E-state index is 0.147. The molecule has 1 heterocycles. The topological polar surface area (TPSA) is 16.4 Å². The van der Waals surface area contributed by atoms with Crippen molar-refractivity contribution in [1.82, 2.24) is 0 Å². The second kappa shape index (κ2) is 11.2. The average molecular weight is 670 g/mol. The molecule has 1 aliphatic carbocycles. The zero-order valence-corrected chi connectivity index (χ0v) is 30.2. The number of hydrogen-bond acceptors (Lipinski definition) is 2. The quantitative estimate of drug-likeness (QED) is 0.185. The van der Waals surface area contributed by atoms with Crippen molar-refractivity contribution in [1.29, 1.82) is 0 Å². The second-order valence-corrected chi connectivity index (χ2v) is 15.7. The molecule has 0 saturated carbocycles. The number of nitrogens with zero attached hydrogens (tertiary/aromatic N) is 1. The van der Waals surface area contributed by atoms with Crippen LogP contribution < -0.4 is 4.90 Å². The van der Waals surface area contributed by atoms with E-state index in [0.29, 0.717) is 0 Å². The zero-order chi connectivity index (χ0) is 35.3. The number of hydrogen-bond donors (Lipinski definition) is 0. The molecule has 8 aromatic carbocycles. The molecule has 10 rings (SSSR count). The van der Waals surface area contributed by atoms with Gasteiger partial charge in [-0.1, -0.05) is 87.5 Å². The first-order valence-electron chi connectivity index (χ1n) is 18.2. The van der Waals surface area contributed by atoms with Crippen molar-refractivity contribution >= 4 is 60.5 Å². The van der Waals surface area contributed by atoms with Crippen molar-refractivity contribution in [3.8, 4) is 33.4 Å². The van der Waals surface area contributed by atoms with Crippen LogP contribution in [0.15, 0.2) is 150 Å². The summed E-state index contributed by atoms with van der Waals surface area (Å²) in [6.07, 6.45) is 0. The van der Waals surface area contributed by atoms with Gasteiger partial charge in [0.1, 0.15) is 11.2 Å². The van der Waals surface area contributed by atoms with E-state index in [1.165, 1.54) is 71.6 Å². The highest BCUT2D eigenvalue weighted by Crippen LogP contribution is 2.51. The lowest BCUT2D eigenvalue weighted by Crippen LogP contribution is -2.10. The van der Waals surface area contributed by atoms with E-state index < -0.39 is 0 Å². The molecule has 0 fully saturated rings. The Labute approximate surface area is 304 Å². The Bertz CT molecular complexity index is 2880. The summed E-state index contributed by atoms with van der Waals surface area (Å²) in [6, 6.07) is 54.0. The SMILES string of the molecule is Cc1cc(C)cc(N(c2ccc3cc4c(cc3c2)-c2cc3ccc(-c5ccc(C(C)(C)C)cc5)cc3cc2-4)c2ccc3c(c2)oc2ccccc23)c1. The van der Waals surface area contributed by atoms with E-state index in [0.717, 1.165) is 39.0 Å². The van der Waals surface area contributed by atoms with Crippen molar-refractivity contribution in [3.05, 3.63) is 162 Å². The highest BCUT2D eigenvalue weighted by atomic mass is 16.3. The van der Waals surface area contributed by atoms with Crippen molar-refractivity contribution < 1.29 is 4.42 Å². The Hall–Kier alpha value is -6.12. The maximum Gasteiger partial charge on any atom is 0.137 e. The van der Waals surface area contributed by atoms with Crippen LogP contribution in [0.1, 0.15) is 37.5 Å². The third kappa shape index (κ3) is 4.93. The predicted octanol–water partition coefficient (Wildman–Crippen LogP) is 14.6. The fourth-order valence-corrected chi connectivity index (χ4v) is 8.27. The average Bonchev–Trinajstić information content (AvgIpc) is 3.51. The molecule has 2 nitrogen and oxygen atoms in total. The first-order chi connectivity index (χ1) is 25.2. The molecule has 9 aromatic rings. The zero-order valence-electron chi connectivity index (χ0n) is 30.2. The number of anilines is 3. The summed E-state index contributed by atoms with van der Waals surface area (Å²) in [5, 5.41) is 7.31. The highest BCUT2D eigenvalue weighted by molar-refractivity contribution is 6.12. The highest BCUT2D eigenvalue weighted by Gasteiger charge is 2.25. The number of furan rings is 1. The summed E-state index contributed by atoms with van der Waals surface area (Å²) in [6.45, 7) is 11.1. The number of benzene rings is 8. The molecule has 52 heavy (non-hydrogen) atoms. The van der Waals surface area contributed by atoms with Crippen molar-refractivity contribution in [3.63, 3.8) is 0 Å². The van der Waals surface area contributed by atoms with Crippen LogP contribution in [0.25, 0.3) is 76.9 Å². The Morgan fingerprint density at radius 1 is 0.423 bits per heavy atom. The van der Waals surface area contributed by atoms with Gasteiger partial charge in [-0.2, -0.15) is 0 Å². The van der Waals surface area contributed by atoms with E-state index in [2.05, 4.69) is 173 Å². The summed E-state index contributed by atoms with van der Waals surface area (Å²) >= 11 is 0. The molecule has 0 N–H and O–H groups in total. The third-order valence-corrected chi connectivity index (χ3v) is 10.9. The molecule has 0 bridgehead atoms. The molecule has 0 aliphatic heterocycles. The van der Waals surface area contributed by atoms with Crippen molar-refractivity contribution in [2.75, 3.05) is 4.90 Å². The lowest BCUT2D eigenvalue weighted by molar-refractivity contribution is 0.590. The van der Waals surface area contributed by atoms with Gasteiger partial charge in [0.2, 0.25) is 0 Å². The van der Waals surface area contributed by atoms with Crippen LogP contribution in [-0.2, 0) is 5.41 Å². The number of fused-ring (bicyclic) bond motifs is 9. The summed E-state index contributed by atoms with van der Waals surface area (Å²) in [5.41, 5.74) is 16.9. The molecule has 2 heteroatoms. The summed E-state index contributed by atoms with van der Waals surface area (Å²) in [5.74, 6) is 0. The van der Waals surface area contributed by atoms with Crippen LogP contribution in [0, 0.1) is 13.8 Å². The lowest BCUT2D eigenvalue weighted by Gasteiger charge is -2.28. The number of rotatable bonds is 4. The maximum atomic E-state index is 6.35. The smallest absolute Gasteiger partial charge is 0.137 e. The molecule has 0 atom stereocenters. The Balaban J connectivity index is 1.05. The predicted molar refractivity (Wildman–Crippen MR) is 221 cm³/mol. The van der Waals surface area contributed by atoms with E-state index >= 15 is 0 Å². The molecule has 1 aliphatic rings. The van der Waals surface area contributed by atoms with E-state index in [-0.39, 0.29) is 5.41 Å². The van der Waals surface area contributed by atoms with Gasteiger partial charge in [0.15, 0.2) is 0 Å². The van der Waals surface area contributed by atoms with Gasteiger partial charge in [0.05, 0.1) is 0 Å². The van der Waals surface area contributed by atoms with E-state index in [4.69, 9.17) is 4.42 Å². The standard InChI is InChI=1S/C50H39NO/c1-30-20-31(2)22-41(21-30)51(40-18-19-43-42-8-6-7-9-48(42)52-49(43)29-40)39-17-14-35-26-45-46-27-36-23-33(32-12-15-38(16-13-32)50(3,4)5)10-11-34(36)25-44(46)47(45)28-37(35)24-39/h6-29H,1-5H3. The van der Waals surface area contributed by atoms with E-state index in [9.17, 15) is 0 Å². The summed E-state index contributed by atoms with van der Waals surface area (Å²) in [4.78, 5) is 2.36. The van der Waals surface area contributed by atoms with Crippen LogP contribution >= 0.6 is 0 Å². The number of para-hydroxylation sites is 1. The summed E-state index contributed by atoms with van der Waals surface area (Å²) in [7, 11) is 0. The van der Waals surface area contributed by atoms with Gasteiger partial charge in [0.25, 0.3) is 0 Å². The fraction of sp³-hybridized carbons (Fsp3) is 0.120. The summed E-state index contributed by atoms with van der Waals surface area (Å²) < 4.78 is 6.35. The molecule has 1 aromatic heterocycles. The minimum Gasteiger partial charge on any atom is -0.456 e. The van der Waals surface area contributed by atoms with Crippen LogP contribution in [0.5, 0.6) is 0 Å². The molecule has 0 spiro atoms.